The van der Waals surface area contributed by atoms with E-state index >= 15 is 0 Å². The summed E-state index contributed by atoms with van der Waals surface area (Å²) in [5.41, 5.74) is 8.27. The smallest absolute Gasteiger partial charge is 0.170 e. The largest absolute Gasteiger partial charge is 0.399 e. The molecule has 0 aromatic heterocycles. The Kier molecular flexibility index (Phi) is 5.67. The van der Waals surface area contributed by atoms with E-state index in [0.29, 0.717) is 21.7 Å². The van der Waals surface area contributed by atoms with E-state index in [0.717, 1.165) is 23.4 Å². The van der Waals surface area contributed by atoms with Crippen LogP contribution < -0.4 is 16.4 Å². The second kappa shape index (κ2) is 7.50. The van der Waals surface area contributed by atoms with Gasteiger partial charge in [-0.15, -0.1) is 0 Å². The second-order valence-electron chi connectivity index (χ2n) is 4.49. The third-order valence-electron chi connectivity index (χ3n) is 2.86. The Morgan fingerprint density at radius 1 is 1.10 bits per heavy atom. The molecule has 0 amide bonds. The molecule has 0 spiro atoms. The summed E-state index contributed by atoms with van der Waals surface area (Å²) < 4.78 is 0. The third-order valence-corrected chi connectivity index (χ3v) is 3.70. The van der Waals surface area contributed by atoms with Gasteiger partial charge in [0.2, 0.25) is 0 Å². The number of benzene rings is 2. The predicted molar refractivity (Wildman–Crippen MR) is 95.2 cm³/mol. The van der Waals surface area contributed by atoms with Crippen LogP contribution in [0.3, 0.4) is 0 Å². The monoisotopic (exact) mass is 339 g/mol. The van der Waals surface area contributed by atoms with Crippen molar-refractivity contribution in [1.82, 2.24) is 5.32 Å². The Hall–Kier alpha value is -1.49. The molecule has 2 aromatic carbocycles. The van der Waals surface area contributed by atoms with Gasteiger partial charge in [0.05, 0.1) is 0 Å². The predicted octanol–water partition coefficient (Wildman–Crippen LogP) is 4.10. The molecular formula is C15H15Cl2N3S. The number of hydrogen-bond acceptors (Lipinski definition) is 2. The Bertz CT molecular complexity index is 629. The molecule has 21 heavy (non-hydrogen) atoms. The van der Waals surface area contributed by atoms with Gasteiger partial charge in [-0.1, -0.05) is 29.3 Å². The Labute approximate surface area is 139 Å². The van der Waals surface area contributed by atoms with Crippen molar-refractivity contribution in [3.05, 3.63) is 58.1 Å². The van der Waals surface area contributed by atoms with Crippen LogP contribution in [0.2, 0.25) is 10.0 Å². The highest BCUT2D eigenvalue weighted by Crippen LogP contribution is 2.21. The minimum atomic E-state index is 0.560. The van der Waals surface area contributed by atoms with E-state index < -0.39 is 0 Å². The van der Waals surface area contributed by atoms with Gasteiger partial charge in [-0.3, -0.25) is 0 Å². The van der Waals surface area contributed by atoms with Crippen molar-refractivity contribution in [3.8, 4) is 0 Å². The van der Waals surface area contributed by atoms with Crippen molar-refractivity contribution in [2.24, 2.45) is 0 Å². The zero-order valence-corrected chi connectivity index (χ0v) is 13.5. The quantitative estimate of drug-likeness (QED) is 0.579. The van der Waals surface area contributed by atoms with Crippen molar-refractivity contribution >= 4 is 51.9 Å². The van der Waals surface area contributed by atoms with Crippen LogP contribution in [0.4, 0.5) is 11.4 Å². The van der Waals surface area contributed by atoms with Crippen molar-refractivity contribution < 1.29 is 0 Å². The molecule has 4 N–H and O–H groups in total. The van der Waals surface area contributed by atoms with Gasteiger partial charge in [-0.05, 0) is 60.6 Å². The van der Waals surface area contributed by atoms with E-state index in [-0.39, 0.29) is 0 Å². The van der Waals surface area contributed by atoms with Crippen LogP contribution in [0, 0.1) is 0 Å². The van der Waals surface area contributed by atoms with Gasteiger partial charge in [-0.2, -0.15) is 0 Å². The first-order valence-electron chi connectivity index (χ1n) is 6.39. The maximum atomic E-state index is 6.12. The average Bonchev–Trinajstić information content (AvgIpc) is 2.44. The highest BCUT2D eigenvalue weighted by atomic mass is 35.5. The second-order valence-corrected chi connectivity index (χ2v) is 5.74. The molecular weight excluding hydrogens is 325 g/mol. The summed E-state index contributed by atoms with van der Waals surface area (Å²) in [7, 11) is 0. The molecule has 2 rings (SSSR count). The van der Waals surface area contributed by atoms with Crippen LogP contribution >= 0.6 is 35.4 Å². The van der Waals surface area contributed by atoms with Crippen LogP contribution in [0.15, 0.2) is 42.5 Å². The normalized spacial score (nSPS) is 10.2. The number of nitrogens with one attached hydrogen (secondary N) is 2. The topological polar surface area (TPSA) is 50.1 Å². The standard InChI is InChI=1S/C15H15Cl2N3S/c16-11-2-1-10(14(17)9-11)7-8-19-15(21)20-13-5-3-12(18)4-6-13/h1-6,9H,7-8,18H2,(H2,19,20,21). The minimum Gasteiger partial charge on any atom is -0.399 e. The van der Waals surface area contributed by atoms with Gasteiger partial charge in [0.25, 0.3) is 0 Å². The van der Waals surface area contributed by atoms with Gasteiger partial charge < -0.3 is 16.4 Å². The van der Waals surface area contributed by atoms with Gasteiger partial charge in [-0.25, -0.2) is 0 Å². The lowest BCUT2D eigenvalue weighted by atomic mass is 10.1. The van der Waals surface area contributed by atoms with Gasteiger partial charge in [0.1, 0.15) is 0 Å². The molecule has 0 fully saturated rings. The summed E-state index contributed by atoms with van der Waals surface area (Å²) in [5, 5.41) is 8.09. The number of halogens is 2. The third kappa shape index (κ3) is 5.08. The molecule has 110 valence electrons. The van der Waals surface area contributed by atoms with Crippen molar-refractivity contribution in [1.29, 1.82) is 0 Å². The summed E-state index contributed by atoms with van der Waals surface area (Å²) >= 11 is 17.2. The number of hydrogen-bond donors (Lipinski definition) is 3. The van der Waals surface area contributed by atoms with Crippen LogP contribution in [0.1, 0.15) is 5.56 Å². The summed E-state index contributed by atoms with van der Waals surface area (Å²) in [4.78, 5) is 0. The lowest BCUT2D eigenvalue weighted by Gasteiger charge is -2.11. The number of nitrogen functional groups attached to an aromatic ring is 1. The lowest BCUT2D eigenvalue weighted by Crippen LogP contribution is -2.30. The Morgan fingerprint density at radius 3 is 2.48 bits per heavy atom. The number of rotatable bonds is 4. The molecule has 0 aliphatic carbocycles. The number of nitrogens with two attached hydrogens (primary N) is 1. The SMILES string of the molecule is Nc1ccc(NC(=S)NCCc2ccc(Cl)cc2Cl)cc1. The Balaban J connectivity index is 1.80. The van der Waals surface area contributed by atoms with Crippen molar-refractivity contribution in [3.63, 3.8) is 0 Å². The van der Waals surface area contributed by atoms with Crippen molar-refractivity contribution in [2.75, 3.05) is 17.6 Å². The molecule has 0 heterocycles. The molecule has 6 heteroatoms. The average molecular weight is 340 g/mol. The zero-order valence-electron chi connectivity index (χ0n) is 11.2. The van der Waals surface area contributed by atoms with Crippen LogP contribution in [-0.4, -0.2) is 11.7 Å². The first-order chi connectivity index (χ1) is 10.0. The van der Waals surface area contributed by atoms with E-state index in [9.17, 15) is 0 Å². The maximum Gasteiger partial charge on any atom is 0.170 e. The molecule has 0 bridgehead atoms. The van der Waals surface area contributed by atoms with Gasteiger partial charge in [0, 0.05) is 28.0 Å². The van der Waals surface area contributed by atoms with E-state index in [1.165, 1.54) is 0 Å². The van der Waals surface area contributed by atoms with Crippen LogP contribution in [0.5, 0.6) is 0 Å². The maximum absolute atomic E-state index is 6.12. The van der Waals surface area contributed by atoms with E-state index in [4.69, 9.17) is 41.2 Å². The fourth-order valence-electron chi connectivity index (χ4n) is 1.78. The van der Waals surface area contributed by atoms with Crippen LogP contribution in [0.25, 0.3) is 0 Å². The van der Waals surface area contributed by atoms with E-state index in [1.807, 2.05) is 36.4 Å². The fourth-order valence-corrected chi connectivity index (χ4v) is 2.50. The van der Waals surface area contributed by atoms with Gasteiger partial charge >= 0.3 is 0 Å². The molecule has 0 saturated heterocycles. The van der Waals surface area contributed by atoms with Crippen molar-refractivity contribution in [2.45, 2.75) is 6.42 Å². The molecule has 0 saturated carbocycles. The molecule has 0 atom stereocenters. The zero-order chi connectivity index (χ0) is 15.2. The fraction of sp³-hybridized carbons (Fsp3) is 0.133. The Morgan fingerprint density at radius 2 is 1.81 bits per heavy atom. The summed E-state index contributed by atoms with van der Waals surface area (Å²) in [5.74, 6) is 0. The first kappa shape index (κ1) is 15.9. The number of anilines is 2. The first-order valence-corrected chi connectivity index (χ1v) is 7.55. The molecule has 0 aliphatic rings. The highest BCUT2D eigenvalue weighted by Gasteiger charge is 2.02. The minimum absolute atomic E-state index is 0.560. The molecule has 0 unspecified atom stereocenters. The lowest BCUT2D eigenvalue weighted by molar-refractivity contribution is 0.873. The van der Waals surface area contributed by atoms with Crippen LogP contribution in [-0.2, 0) is 6.42 Å². The number of thiocarbonyl (C=S) groups is 1. The van der Waals surface area contributed by atoms with E-state index in [1.54, 1.807) is 6.07 Å². The summed E-state index contributed by atoms with van der Waals surface area (Å²) in [6.45, 7) is 0.683. The molecule has 3 nitrogen and oxygen atoms in total. The molecule has 0 aliphatic heterocycles. The highest BCUT2D eigenvalue weighted by molar-refractivity contribution is 7.80. The summed E-state index contributed by atoms with van der Waals surface area (Å²) in [6, 6.07) is 12.9. The van der Waals surface area contributed by atoms with E-state index in [2.05, 4.69) is 10.6 Å². The molecule has 2 aromatic rings. The summed E-state index contributed by atoms with van der Waals surface area (Å²) in [6.07, 6.45) is 0.763. The van der Waals surface area contributed by atoms with Gasteiger partial charge in [0.15, 0.2) is 5.11 Å². The molecule has 0 radical (unpaired) electrons.